The molecule has 0 radical (unpaired) electrons. The Bertz CT molecular complexity index is 418. The maximum absolute atomic E-state index is 11.8. The molecule has 0 fully saturated rings. The van der Waals surface area contributed by atoms with Crippen molar-refractivity contribution < 1.29 is 9.53 Å². The number of methoxy groups -OCH3 is 1. The topological polar surface area (TPSA) is 63.6 Å². The van der Waals surface area contributed by atoms with Crippen molar-refractivity contribution >= 4 is 40.2 Å². The largest absolute Gasteiger partial charge is 0.384 e. The van der Waals surface area contributed by atoms with Gasteiger partial charge in [0.25, 0.3) is 5.91 Å². The van der Waals surface area contributed by atoms with Gasteiger partial charge in [-0.2, -0.15) is 0 Å². The van der Waals surface area contributed by atoms with Crippen molar-refractivity contribution in [3.63, 3.8) is 0 Å². The number of rotatable bonds is 7. The standard InChI is InChI=1S/C11H17N3O2S2/c1-4-12-9(15)8-10(13-6-5-7-16-2)18-11(14-8)17-3/h6H,4-5,7H2,1-3H3,(H,12,15)/b13-6+. The van der Waals surface area contributed by atoms with Crippen LogP contribution < -0.4 is 5.32 Å². The zero-order valence-corrected chi connectivity index (χ0v) is 12.4. The minimum Gasteiger partial charge on any atom is -0.384 e. The fourth-order valence-electron chi connectivity index (χ4n) is 1.18. The van der Waals surface area contributed by atoms with E-state index >= 15 is 0 Å². The van der Waals surface area contributed by atoms with Crippen LogP contribution in [0, 0.1) is 0 Å². The summed E-state index contributed by atoms with van der Waals surface area (Å²) in [5.74, 6) is -0.173. The van der Waals surface area contributed by atoms with Crippen molar-refractivity contribution in [2.24, 2.45) is 4.99 Å². The Morgan fingerprint density at radius 1 is 1.67 bits per heavy atom. The van der Waals surface area contributed by atoms with E-state index in [1.807, 2.05) is 13.2 Å². The Kier molecular flexibility index (Phi) is 6.92. The van der Waals surface area contributed by atoms with E-state index < -0.39 is 0 Å². The first-order valence-corrected chi connectivity index (χ1v) is 7.61. The average molecular weight is 287 g/mol. The van der Waals surface area contributed by atoms with Crippen LogP contribution in [-0.4, -0.2) is 43.6 Å². The fourth-order valence-corrected chi connectivity index (χ4v) is 2.60. The highest BCUT2D eigenvalue weighted by Crippen LogP contribution is 2.32. The highest BCUT2D eigenvalue weighted by molar-refractivity contribution is 8.00. The summed E-state index contributed by atoms with van der Waals surface area (Å²) in [7, 11) is 1.65. The molecule has 5 nitrogen and oxygen atoms in total. The van der Waals surface area contributed by atoms with Gasteiger partial charge in [0.2, 0.25) is 0 Å². The number of hydrogen-bond acceptors (Lipinski definition) is 6. The van der Waals surface area contributed by atoms with E-state index in [-0.39, 0.29) is 5.91 Å². The van der Waals surface area contributed by atoms with Gasteiger partial charge in [0.15, 0.2) is 10.0 Å². The molecule has 0 aliphatic heterocycles. The summed E-state index contributed by atoms with van der Waals surface area (Å²) in [5.41, 5.74) is 0.403. The molecule has 0 aromatic carbocycles. The first kappa shape index (κ1) is 15.1. The quantitative estimate of drug-likeness (QED) is 0.475. The third-order valence-corrected chi connectivity index (χ3v) is 3.92. The van der Waals surface area contributed by atoms with Gasteiger partial charge in [-0.15, -0.1) is 0 Å². The molecule has 0 atom stereocenters. The van der Waals surface area contributed by atoms with E-state index in [1.165, 1.54) is 23.1 Å². The molecule has 1 aromatic rings. The molecule has 0 spiro atoms. The van der Waals surface area contributed by atoms with Crippen LogP contribution in [-0.2, 0) is 4.74 Å². The van der Waals surface area contributed by atoms with Gasteiger partial charge in [-0.1, -0.05) is 23.1 Å². The van der Waals surface area contributed by atoms with Crippen LogP contribution in [0.25, 0.3) is 0 Å². The minimum absolute atomic E-state index is 0.173. The molecular weight excluding hydrogens is 270 g/mol. The number of aromatic nitrogens is 1. The molecule has 18 heavy (non-hydrogen) atoms. The summed E-state index contributed by atoms with van der Waals surface area (Å²) in [4.78, 5) is 20.4. The number of nitrogens with zero attached hydrogens (tertiary/aromatic N) is 2. The second-order valence-corrected chi connectivity index (χ2v) is 5.32. The van der Waals surface area contributed by atoms with Gasteiger partial charge in [-0.05, 0) is 13.2 Å². The number of ether oxygens (including phenoxy) is 1. The van der Waals surface area contributed by atoms with E-state index in [1.54, 1.807) is 13.3 Å². The maximum atomic E-state index is 11.8. The number of carbonyl (C=O) groups is 1. The molecular formula is C11H17N3O2S2. The molecule has 7 heteroatoms. The van der Waals surface area contributed by atoms with Gasteiger partial charge < -0.3 is 10.1 Å². The molecule has 1 aromatic heterocycles. The molecule has 1 amide bonds. The average Bonchev–Trinajstić information content (AvgIpc) is 2.78. The zero-order valence-electron chi connectivity index (χ0n) is 10.7. The number of thioether (sulfide) groups is 1. The number of carbonyl (C=O) groups excluding carboxylic acids is 1. The van der Waals surface area contributed by atoms with E-state index in [2.05, 4.69) is 15.3 Å². The van der Waals surface area contributed by atoms with Gasteiger partial charge in [0.05, 0.1) is 6.61 Å². The summed E-state index contributed by atoms with van der Waals surface area (Å²) in [5, 5.41) is 3.39. The van der Waals surface area contributed by atoms with Crippen LogP contribution in [0.5, 0.6) is 0 Å². The van der Waals surface area contributed by atoms with Crippen molar-refractivity contribution in [3.05, 3.63) is 5.69 Å². The summed E-state index contributed by atoms with van der Waals surface area (Å²) in [6, 6.07) is 0. The number of hydrogen-bond donors (Lipinski definition) is 1. The molecule has 0 aliphatic rings. The van der Waals surface area contributed by atoms with Crippen LogP contribution in [0.3, 0.4) is 0 Å². The number of amides is 1. The van der Waals surface area contributed by atoms with Crippen LogP contribution in [0.2, 0.25) is 0 Å². The Hall–Kier alpha value is -0.920. The smallest absolute Gasteiger partial charge is 0.273 e. The molecule has 0 unspecified atom stereocenters. The van der Waals surface area contributed by atoms with E-state index in [0.29, 0.717) is 23.8 Å². The van der Waals surface area contributed by atoms with Crippen molar-refractivity contribution in [2.75, 3.05) is 26.5 Å². The van der Waals surface area contributed by atoms with Gasteiger partial charge in [0.1, 0.15) is 5.00 Å². The maximum Gasteiger partial charge on any atom is 0.273 e. The molecule has 1 N–H and O–H groups in total. The second kappa shape index (κ2) is 8.23. The Morgan fingerprint density at radius 2 is 2.44 bits per heavy atom. The van der Waals surface area contributed by atoms with Gasteiger partial charge in [-0.25, -0.2) is 9.98 Å². The van der Waals surface area contributed by atoms with Crippen molar-refractivity contribution in [3.8, 4) is 0 Å². The lowest BCUT2D eigenvalue weighted by molar-refractivity contribution is 0.0952. The molecule has 1 heterocycles. The summed E-state index contributed by atoms with van der Waals surface area (Å²) in [6.45, 7) is 3.08. The molecule has 0 saturated heterocycles. The van der Waals surface area contributed by atoms with Crippen molar-refractivity contribution in [1.29, 1.82) is 0 Å². The van der Waals surface area contributed by atoms with Crippen LogP contribution >= 0.6 is 23.1 Å². The Labute approximate surface area is 115 Å². The lowest BCUT2D eigenvalue weighted by Gasteiger charge is -1.98. The molecule has 0 aliphatic carbocycles. The van der Waals surface area contributed by atoms with Crippen molar-refractivity contribution in [1.82, 2.24) is 10.3 Å². The van der Waals surface area contributed by atoms with Gasteiger partial charge >= 0.3 is 0 Å². The first-order chi connectivity index (χ1) is 8.72. The lowest BCUT2D eigenvalue weighted by atomic mass is 10.4. The normalized spacial score (nSPS) is 11.1. The monoisotopic (exact) mass is 287 g/mol. The third-order valence-electron chi connectivity index (χ3n) is 1.98. The number of aliphatic imine (C=N–C) groups is 1. The molecule has 1 rings (SSSR count). The highest BCUT2D eigenvalue weighted by Gasteiger charge is 2.16. The molecule has 0 saturated carbocycles. The number of thiazole rings is 1. The van der Waals surface area contributed by atoms with E-state index in [4.69, 9.17) is 4.74 Å². The number of nitrogens with one attached hydrogen (secondary N) is 1. The summed E-state index contributed by atoms with van der Waals surface area (Å²) >= 11 is 2.94. The molecule has 100 valence electrons. The van der Waals surface area contributed by atoms with Crippen LogP contribution in [0.15, 0.2) is 9.33 Å². The Morgan fingerprint density at radius 3 is 3.06 bits per heavy atom. The Balaban J connectivity index is 2.84. The van der Waals surface area contributed by atoms with Gasteiger partial charge in [0, 0.05) is 26.3 Å². The minimum atomic E-state index is -0.173. The SMILES string of the molecule is CCNC(=O)c1nc(SC)sc1/N=C/CCOC. The third kappa shape index (κ3) is 4.40. The zero-order chi connectivity index (χ0) is 13.4. The first-order valence-electron chi connectivity index (χ1n) is 5.57. The van der Waals surface area contributed by atoms with E-state index in [9.17, 15) is 4.79 Å². The summed E-state index contributed by atoms with van der Waals surface area (Å²) in [6.07, 6.45) is 4.40. The lowest BCUT2D eigenvalue weighted by Crippen LogP contribution is -2.23. The predicted octanol–water partition coefficient (Wildman–Crippen LogP) is 2.35. The second-order valence-electron chi connectivity index (χ2n) is 3.29. The van der Waals surface area contributed by atoms with Crippen molar-refractivity contribution in [2.45, 2.75) is 17.7 Å². The summed E-state index contributed by atoms with van der Waals surface area (Å²) < 4.78 is 5.78. The van der Waals surface area contributed by atoms with Crippen LogP contribution in [0.4, 0.5) is 5.00 Å². The highest BCUT2D eigenvalue weighted by atomic mass is 32.2. The van der Waals surface area contributed by atoms with Gasteiger partial charge in [-0.3, -0.25) is 4.79 Å². The van der Waals surface area contributed by atoms with Crippen LogP contribution in [0.1, 0.15) is 23.8 Å². The fraction of sp³-hybridized carbons (Fsp3) is 0.545. The molecule has 0 bridgehead atoms. The predicted molar refractivity (Wildman–Crippen MR) is 76.5 cm³/mol. The van der Waals surface area contributed by atoms with E-state index in [0.717, 1.165) is 10.8 Å².